The summed E-state index contributed by atoms with van der Waals surface area (Å²) in [4.78, 5) is 86.1. The lowest BCUT2D eigenvalue weighted by molar-refractivity contribution is -0.149. The monoisotopic (exact) mass is 1080 g/mol. The molecule has 5 aliphatic heterocycles. The maximum atomic E-state index is 15.3. The summed E-state index contributed by atoms with van der Waals surface area (Å²) < 4.78 is 14.4. The normalized spacial score (nSPS) is 22.9. The van der Waals surface area contributed by atoms with E-state index in [2.05, 4.69) is 66.9 Å². The Hall–Kier alpha value is -5.89. The molecular formula is C56H69N9O7S3. The number of allylic oxidation sites excluding steroid dienone is 2. The van der Waals surface area contributed by atoms with Crippen LogP contribution in [0.3, 0.4) is 0 Å². The van der Waals surface area contributed by atoms with E-state index in [9.17, 15) is 19.2 Å². The average Bonchev–Trinajstić information content (AvgIpc) is 3.92. The highest BCUT2D eigenvalue weighted by Crippen LogP contribution is 2.50. The Morgan fingerprint density at radius 3 is 2.53 bits per heavy atom. The number of methoxy groups -OCH3 is 1. The van der Waals surface area contributed by atoms with Crippen LogP contribution in [0.1, 0.15) is 89.6 Å². The summed E-state index contributed by atoms with van der Waals surface area (Å²) in [5.41, 5.74) is 8.71. The van der Waals surface area contributed by atoms with Crippen LogP contribution in [0.25, 0.3) is 33.4 Å². The number of amides is 5. The fourth-order valence-corrected chi connectivity index (χ4v) is 14.1. The van der Waals surface area contributed by atoms with Gasteiger partial charge in [0, 0.05) is 110 Å². The van der Waals surface area contributed by atoms with Gasteiger partial charge in [-0.3, -0.25) is 39.5 Å². The van der Waals surface area contributed by atoms with Gasteiger partial charge in [-0.15, -0.1) is 29.7 Å². The molecule has 6 bridgehead atoms. The summed E-state index contributed by atoms with van der Waals surface area (Å²) in [6.45, 7) is 19.2. The van der Waals surface area contributed by atoms with Crippen molar-refractivity contribution in [2.45, 2.75) is 98.1 Å². The number of piperidine rings is 1. The van der Waals surface area contributed by atoms with Crippen molar-refractivity contribution < 1.29 is 33.4 Å². The third-order valence-corrected chi connectivity index (χ3v) is 18.4. The number of aryl methyl sites for hydroxylation is 1. The maximum absolute atomic E-state index is 15.3. The van der Waals surface area contributed by atoms with Crippen molar-refractivity contribution in [3.8, 4) is 22.5 Å². The molecule has 9 rings (SSSR count). The molecule has 75 heavy (non-hydrogen) atoms. The molecule has 0 aliphatic carbocycles. The number of aromatic nitrogens is 3. The summed E-state index contributed by atoms with van der Waals surface area (Å²) in [5.74, 6) is -1.59. The minimum Gasteiger partial charge on any atom is -0.465 e. The second kappa shape index (κ2) is 21.6. The minimum atomic E-state index is -1.18. The second-order valence-corrected chi connectivity index (χ2v) is 24.2. The zero-order chi connectivity index (χ0) is 53.6. The molecule has 5 amide bonds. The lowest BCUT2D eigenvalue weighted by Gasteiger charge is -2.54. The number of carbonyl (C=O) groups excluding carboxylic acids is 5. The van der Waals surface area contributed by atoms with Crippen LogP contribution in [-0.2, 0) is 48.0 Å². The van der Waals surface area contributed by atoms with Gasteiger partial charge >= 0.3 is 12.0 Å². The molecule has 3 aromatic heterocycles. The first-order chi connectivity index (χ1) is 35.9. The quantitative estimate of drug-likeness (QED) is 0.0710. The highest BCUT2D eigenvalue weighted by molar-refractivity contribution is 8.01. The van der Waals surface area contributed by atoms with Gasteiger partial charge in [0.25, 0.3) is 11.8 Å². The largest absolute Gasteiger partial charge is 0.465 e. The number of urea groups is 1. The first kappa shape index (κ1) is 53.9. The topological polar surface area (TPSA) is 172 Å². The van der Waals surface area contributed by atoms with Crippen molar-refractivity contribution in [3.05, 3.63) is 94.3 Å². The van der Waals surface area contributed by atoms with Gasteiger partial charge in [0.15, 0.2) is 0 Å². The predicted molar refractivity (Wildman–Crippen MR) is 297 cm³/mol. The first-order valence-electron chi connectivity index (χ1n) is 25.9. The fraction of sp³-hybridized carbons (Fsp3) is 0.500. The van der Waals surface area contributed by atoms with E-state index in [1.807, 2.05) is 23.3 Å². The first-order valence-corrected chi connectivity index (χ1v) is 28.2. The molecule has 398 valence electrons. The van der Waals surface area contributed by atoms with Crippen LogP contribution < -0.4 is 10.7 Å². The number of ether oxygens (including phenoxy) is 2. The molecule has 4 aromatic rings. The van der Waals surface area contributed by atoms with Crippen molar-refractivity contribution in [1.82, 2.24) is 45.0 Å². The van der Waals surface area contributed by atoms with Crippen LogP contribution in [0.5, 0.6) is 0 Å². The van der Waals surface area contributed by atoms with Gasteiger partial charge in [0.05, 0.1) is 39.5 Å². The number of thioether (sulfide) groups is 1. The van der Waals surface area contributed by atoms with E-state index in [1.54, 1.807) is 57.3 Å². The Kier molecular flexibility index (Phi) is 15.5. The van der Waals surface area contributed by atoms with E-state index >= 15 is 4.79 Å². The number of carbonyl (C=O) groups is 5. The van der Waals surface area contributed by atoms with E-state index < -0.39 is 40.1 Å². The van der Waals surface area contributed by atoms with Gasteiger partial charge in [-0.1, -0.05) is 44.3 Å². The Morgan fingerprint density at radius 1 is 1.11 bits per heavy atom. The summed E-state index contributed by atoms with van der Waals surface area (Å²) in [5, 5.41) is 7.79. The molecule has 8 heterocycles. The van der Waals surface area contributed by atoms with E-state index in [1.165, 1.54) is 33.0 Å². The SMILES string of the molecule is C=C[C@H](OC)c1ncccc1-c1c2c3cc(ccc3n1CC)-c1csc(n1)C[C@@]1(CS[C@H]1NC(=O)C(=C(C)C)N(C)C(=O)N1CCC3(CC1)CN(C(=O)/C=C/C)C3)C(=O)N1CCC[C@@H](C(=O)OCC(C)(C)C2)C(=S)N1. The van der Waals surface area contributed by atoms with Gasteiger partial charge in [-0.25, -0.2) is 9.78 Å². The summed E-state index contributed by atoms with van der Waals surface area (Å²) >= 11 is 8.86. The lowest BCUT2D eigenvalue weighted by atomic mass is 9.72. The molecule has 4 fully saturated rings. The van der Waals surface area contributed by atoms with Crippen LogP contribution in [0.15, 0.2) is 78.0 Å². The second-order valence-electron chi connectivity index (χ2n) is 21.7. The molecule has 5 aliphatic rings. The summed E-state index contributed by atoms with van der Waals surface area (Å²) in [7, 11) is 3.27. The highest BCUT2D eigenvalue weighted by Gasteiger charge is 2.57. The minimum absolute atomic E-state index is 0.00569. The van der Waals surface area contributed by atoms with Gasteiger partial charge in [-0.2, -0.15) is 0 Å². The molecule has 0 radical (unpaired) electrons. The lowest BCUT2D eigenvalue weighted by Crippen LogP contribution is -2.66. The number of likely N-dealkylation sites (tertiary alicyclic amines) is 2. The van der Waals surface area contributed by atoms with Crippen molar-refractivity contribution in [1.29, 1.82) is 0 Å². The smallest absolute Gasteiger partial charge is 0.324 e. The zero-order valence-corrected chi connectivity index (χ0v) is 46.8. The van der Waals surface area contributed by atoms with E-state index in [0.29, 0.717) is 63.3 Å². The molecule has 2 spiro atoms. The number of hydrazine groups is 1. The number of thiocarbonyl (C=S) groups is 1. The van der Waals surface area contributed by atoms with E-state index in [4.69, 9.17) is 31.7 Å². The van der Waals surface area contributed by atoms with E-state index in [0.717, 1.165) is 62.5 Å². The number of nitrogens with zero attached hydrogens (tertiary/aromatic N) is 7. The Bertz CT molecular complexity index is 3000. The number of thiazole rings is 1. The number of esters is 1. The number of likely N-dealkylation sites (N-methyl/N-ethyl adjacent to an activating group) is 1. The molecule has 0 unspecified atom stereocenters. The van der Waals surface area contributed by atoms with Crippen LogP contribution in [-0.4, -0.2) is 134 Å². The number of cyclic esters (lactones) is 1. The number of rotatable bonds is 9. The van der Waals surface area contributed by atoms with Crippen LogP contribution in [0.2, 0.25) is 0 Å². The number of benzene rings is 1. The number of hydrogen-bond acceptors (Lipinski definition) is 12. The van der Waals surface area contributed by atoms with Gasteiger partial charge in [0.2, 0.25) is 5.91 Å². The molecule has 16 nitrogen and oxygen atoms in total. The van der Waals surface area contributed by atoms with Gasteiger partial charge < -0.3 is 29.2 Å². The van der Waals surface area contributed by atoms with Crippen molar-refractivity contribution >= 4 is 80.9 Å². The molecule has 1 aromatic carbocycles. The predicted octanol–water partition coefficient (Wildman–Crippen LogP) is 8.48. The third-order valence-electron chi connectivity index (χ3n) is 15.6. The zero-order valence-electron chi connectivity index (χ0n) is 44.3. The van der Waals surface area contributed by atoms with Crippen molar-refractivity contribution in [3.63, 3.8) is 0 Å². The Labute approximate surface area is 453 Å². The van der Waals surface area contributed by atoms with E-state index in [-0.39, 0.29) is 53.5 Å². The van der Waals surface area contributed by atoms with Crippen LogP contribution in [0.4, 0.5) is 4.79 Å². The number of pyridine rings is 1. The highest BCUT2D eigenvalue weighted by atomic mass is 32.2. The fourth-order valence-electron chi connectivity index (χ4n) is 11.6. The Morgan fingerprint density at radius 2 is 1.87 bits per heavy atom. The molecule has 4 saturated heterocycles. The molecule has 19 heteroatoms. The van der Waals surface area contributed by atoms with Gasteiger partial charge in [-0.05, 0) is 101 Å². The van der Waals surface area contributed by atoms with Gasteiger partial charge in [0.1, 0.15) is 22.7 Å². The summed E-state index contributed by atoms with van der Waals surface area (Å²) in [6, 6.07) is 10.1. The van der Waals surface area contributed by atoms with Crippen LogP contribution in [0, 0.1) is 22.2 Å². The number of hydrogen-bond donors (Lipinski definition) is 2. The molecular weight excluding hydrogens is 1010 g/mol. The Balaban J connectivity index is 1.04. The average molecular weight is 1080 g/mol. The molecule has 2 N–H and O–H groups in total. The van der Waals surface area contributed by atoms with Crippen LogP contribution >= 0.6 is 35.3 Å². The standard InChI is InChI=1S/C56H69N9O7S3/c1-10-15-44(66)63-30-55(31-63)20-24-62(25-21-55)53(70)61(8)46(34(4)5)48(67)59-51-56(33-75-51)28-43-58-40(29-74-43)35-18-19-41-38(26-35)39(47(64(41)12-3)36-16-13-22-57-45(36)42(11-2)71-9)27-54(6,7)32-72-50(68)37-17-14-23-65(52(56)69)60-49(37)73/h10-11,13,15-16,18-19,22,26,29,37,42,51H,2,12,14,17,20-21,23-25,27-28,30-33H2,1,3-9H3,(H,59,67)(H,60,73)/b15-10+/t37-,42+,51-,56+/m1/s1. The molecule has 4 atom stereocenters. The van der Waals surface area contributed by atoms with Crippen molar-refractivity contribution in [2.75, 3.05) is 59.2 Å². The molecule has 0 saturated carbocycles. The van der Waals surface area contributed by atoms with Crippen molar-refractivity contribution in [2.24, 2.45) is 22.2 Å². The number of fused-ring (bicyclic) bond motifs is 7. The number of nitrogens with one attached hydrogen (secondary N) is 2. The third kappa shape index (κ3) is 10.3. The maximum Gasteiger partial charge on any atom is 0.324 e. The summed E-state index contributed by atoms with van der Waals surface area (Å²) in [6.07, 6.45) is 9.54.